The average molecular weight is 212 g/mol. The minimum Gasteiger partial charge on any atom is -0.550 e. The molecule has 1 rings (SSSR count). The molecule has 2 unspecified atom stereocenters. The predicted molar refractivity (Wildman–Crippen MR) is 53.7 cm³/mol. The zero-order chi connectivity index (χ0) is 11.4. The Labute approximate surface area is 90.0 Å². The molecule has 4 nitrogen and oxygen atoms in total. The molecule has 0 heterocycles. The smallest absolute Gasteiger partial charge is 0.223 e. The highest BCUT2D eigenvalue weighted by atomic mass is 16.4. The van der Waals surface area contributed by atoms with E-state index in [0.717, 1.165) is 12.8 Å². The molecule has 1 aliphatic rings. The molecule has 0 spiro atoms. The molecule has 1 aliphatic carbocycles. The van der Waals surface area contributed by atoms with Crippen LogP contribution in [0.1, 0.15) is 39.5 Å². The van der Waals surface area contributed by atoms with Gasteiger partial charge in [-0.3, -0.25) is 4.79 Å². The van der Waals surface area contributed by atoms with Gasteiger partial charge in [0.1, 0.15) is 0 Å². The molecule has 86 valence electrons. The van der Waals surface area contributed by atoms with E-state index in [4.69, 9.17) is 0 Å². The van der Waals surface area contributed by atoms with Crippen LogP contribution < -0.4 is 10.4 Å². The first kappa shape index (κ1) is 12.0. The van der Waals surface area contributed by atoms with Gasteiger partial charge in [0.2, 0.25) is 5.91 Å². The van der Waals surface area contributed by atoms with Crippen LogP contribution in [0.25, 0.3) is 0 Å². The molecule has 0 aliphatic heterocycles. The number of carbonyl (C=O) groups is 2. The van der Waals surface area contributed by atoms with Crippen LogP contribution >= 0.6 is 0 Å². The van der Waals surface area contributed by atoms with Crippen molar-refractivity contribution in [1.29, 1.82) is 0 Å². The SMILES string of the molecule is CC(C)NC(=O)C1CCCCC1C(=O)[O-]. The number of hydrogen-bond acceptors (Lipinski definition) is 3. The van der Waals surface area contributed by atoms with Crippen molar-refractivity contribution in [3.63, 3.8) is 0 Å². The van der Waals surface area contributed by atoms with Gasteiger partial charge in [-0.2, -0.15) is 0 Å². The van der Waals surface area contributed by atoms with E-state index in [1.807, 2.05) is 13.8 Å². The molecule has 0 aromatic carbocycles. The molecule has 15 heavy (non-hydrogen) atoms. The summed E-state index contributed by atoms with van der Waals surface area (Å²) in [6, 6.07) is 0.0573. The Morgan fingerprint density at radius 2 is 1.73 bits per heavy atom. The van der Waals surface area contributed by atoms with Crippen molar-refractivity contribution in [3.8, 4) is 0 Å². The van der Waals surface area contributed by atoms with Crippen molar-refractivity contribution >= 4 is 11.9 Å². The molecule has 1 amide bonds. The molecular weight excluding hydrogens is 194 g/mol. The predicted octanol–water partition coefficient (Wildman–Crippen LogP) is 0.0673. The second kappa shape index (κ2) is 5.14. The van der Waals surface area contributed by atoms with Gasteiger partial charge in [-0.05, 0) is 26.7 Å². The van der Waals surface area contributed by atoms with E-state index in [2.05, 4.69) is 5.32 Å². The van der Waals surface area contributed by atoms with Crippen LogP contribution in [-0.4, -0.2) is 17.9 Å². The van der Waals surface area contributed by atoms with Crippen LogP contribution in [0.2, 0.25) is 0 Å². The largest absolute Gasteiger partial charge is 0.550 e. The number of aliphatic carboxylic acids is 1. The summed E-state index contributed by atoms with van der Waals surface area (Å²) in [7, 11) is 0. The maximum atomic E-state index is 11.7. The second-order valence-corrected chi connectivity index (χ2v) is 4.48. The van der Waals surface area contributed by atoms with Crippen molar-refractivity contribution < 1.29 is 14.7 Å². The molecule has 0 aromatic heterocycles. The first-order chi connectivity index (χ1) is 7.02. The van der Waals surface area contributed by atoms with Gasteiger partial charge in [-0.15, -0.1) is 0 Å². The highest BCUT2D eigenvalue weighted by Gasteiger charge is 2.31. The monoisotopic (exact) mass is 212 g/mol. The van der Waals surface area contributed by atoms with Crippen LogP contribution in [0.3, 0.4) is 0 Å². The molecule has 0 radical (unpaired) electrons. The standard InChI is InChI=1S/C11H19NO3/c1-7(2)12-10(13)8-5-3-4-6-9(8)11(14)15/h7-9H,3-6H2,1-2H3,(H,12,13)(H,14,15)/p-1. The first-order valence-electron chi connectivity index (χ1n) is 5.53. The molecule has 1 saturated carbocycles. The Morgan fingerprint density at radius 1 is 1.20 bits per heavy atom. The Hall–Kier alpha value is -1.06. The fourth-order valence-corrected chi connectivity index (χ4v) is 2.12. The quantitative estimate of drug-likeness (QED) is 0.719. The van der Waals surface area contributed by atoms with Crippen LogP contribution in [0.5, 0.6) is 0 Å². The van der Waals surface area contributed by atoms with E-state index < -0.39 is 17.8 Å². The van der Waals surface area contributed by atoms with E-state index in [1.54, 1.807) is 0 Å². The number of amides is 1. The van der Waals surface area contributed by atoms with Gasteiger partial charge in [0, 0.05) is 23.8 Å². The Kier molecular flexibility index (Phi) is 4.12. The highest BCUT2D eigenvalue weighted by Crippen LogP contribution is 2.29. The minimum atomic E-state index is -1.08. The summed E-state index contributed by atoms with van der Waals surface area (Å²) < 4.78 is 0. The topological polar surface area (TPSA) is 69.2 Å². The zero-order valence-corrected chi connectivity index (χ0v) is 9.29. The third-order valence-corrected chi connectivity index (χ3v) is 2.84. The number of carbonyl (C=O) groups excluding carboxylic acids is 2. The molecule has 4 heteroatoms. The summed E-state index contributed by atoms with van der Waals surface area (Å²) in [6.07, 6.45) is 3.04. The van der Waals surface area contributed by atoms with Crippen molar-refractivity contribution in [2.45, 2.75) is 45.6 Å². The maximum absolute atomic E-state index is 11.7. The summed E-state index contributed by atoms with van der Waals surface area (Å²) in [5, 5.41) is 13.6. The lowest BCUT2D eigenvalue weighted by Gasteiger charge is -2.31. The van der Waals surface area contributed by atoms with Crippen molar-refractivity contribution in [2.75, 3.05) is 0 Å². The number of carboxylic acids is 1. The van der Waals surface area contributed by atoms with Gasteiger partial charge in [0.25, 0.3) is 0 Å². The average Bonchev–Trinajstić information content (AvgIpc) is 2.16. The van der Waals surface area contributed by atoms with Gasteiger partial charge >= 0.3 is 0 Å². The number of nitrogens with one attached hydrogen (secondary N) is 1. The molecule has 1 N–H and O–H groups in total. The van der Waals surface area contributed by atoms with Gasteiger partial charge in [0.05, 0.1) is 0 Å². The van der Waals surface area contributed by atoms with Crippen LogP contribution in [0.15, 0.2) is 0 Å². The second-order valence-electron chi connectivity index (χ2n) is 4.48. The zero-order valence-electron chi connectivity index (χ0n) is 9.29. The molecule has 1 fully saturated rings. The van der Waals surface area contributed by atoms with Gasteiger partial charge < -0.3 is 15.2 Å². The summed E-state index contributed by atoms with van der Waals surface area (Å²) in [4.78, 5) is 22.6. The van der Waals surface area contributed by atoms with Crippen molar-refractivity contribution in [3.05, 3.63) is 0 Å². The molecule has 0 bridgehead atoms. The number of carboxylic acid groups (broad SMARTS) is 1. The Morgan fingerprint density at radius 3 is 2.20 bits per heavy atom. The molecular formula is C11H18NO3-. The fraction of sp³-hybridized carbons (Fsp3) is 0.818. The van der Waals surface area contributed by atoms with E-state index in [-0.39, 0.29) is 11.9 Å². The number of hydrogen-bond donors (Lipinski definition) is 1. The van der Waals surface area contributed by atoms with Crippen LogP contribution in [0.4, 0.5) is 0 Å². The lowest BCUT2D eigenvalue weighted by atomic mass is 9.78. The Bertz CT molecular complexity index is 250. The lowest BCUT2D eigenvalue weighted by molar-refractivity contribution is -0.314. The highest BCUT2D eigenvalue weighted by molar-refractivity contribution is 5.84. The third kappa shape index (κ3) is 3.22. The summed E-state index contributed by atoms with van der Waals surface area (Å²) >= 11 is 0. The minimum absolute atomic E-state index is 0.0573. The molecule has 2 atom stereocenters. The van der Waals surface area contributed by atoms with E-state index in [1.165, 1.54) is 0 Å². The van der Waals surface area contributed by atoms with E-state index >= 15 is 0 Å². The molecule has 0 saturated heterocycles. The summed E-state index contributed by atoms with van der Waals surface area (Å²) in [6.45, 7) is 3.74. The van der Waals surface area contributed by atoms with Gasteiger partial charge in [-0.1, -0.05) is 12.8 Å². The van der Waals surface area contributed by atoms with Crippen molar-refractivity contribution in [2.24, 2.45) is 11.8 Å². The van der Waals surface area contributed by atoms with E-state index in [9.17, 15) is 14.7 Å². The van der Waals surface area contributed by atoms with Gasteiger partial charge in [0.15, 0.2) is 0 Å². The third-order valence-electron chi connectivity index (χ3n) is 2.84. The Balaban J connectivity index is 2.63. The summed E-state index contributed by atoms with van der Waals surface area (Å²) in [5.41, 5.74) is 0. The first-order valence-corrected chi connectivity index (χ1v) is 5.53. The van der Waals surface area contributed by atoms with E-state index in [0.29, 0.717) is 12.8 Å². The molecule has 0 aromatic rings. The summed E-state index contributed by atoms with van der Waals surface area (Å²) in [5.74, 6) is -2.22. The number of rotatable bonds is 3. The normalized spacial score (nSPS) is 26.3. The van der Waals surface area contributed by atoms with Crippen LogP contribution in [0, 0.1) is 11.8 Å². The maximum Gasteiger partial charge on any atom is 0.223 e. The van der Waals surface area contributed by atoms with Crippen LogP contribution in [-0.2, 0) is 9.59 Å². The van der Waals surface area contributed by atoms with Gasteiger partial charge in [-0.25, -0.2) is 0 Å². The lowest BCUT2D eigenvalue weighted by Crippen LogP contribution is -2.46. The fourth-order valence-electron chi connectivity index (χ4n) is 2.12. The van der Waals surface area contributed by atoms with Crippen molar-refractivity contribution in [1.82, 2.24) is 5.32 Å².